The number of rotatable bonds is 3. The van der Waals surface area contributed by atoms with Gasteiger partial charge in [-0.05, 0) is 18.2 Å². The zero-order chi connectivity index (χ0) is 14.3. The number of benzene rings is 1. The summed E-state index contributed by atoms with van der Waals surface area (Å²) in [7, 11) is 1.74. The Balaban J connectivity index is 2.08. The summed E-state index contributed by atoms with van der Waals surface area (Å²) in [5.74, 6) is -0.970. The SMILES string of the molecule is Cn1ncc(C(=O)O)c1Cn1ccc2c(Cl)cccc21. The van der Waals surface area contributed by atoms with Crippen LogP contribution >= 0.6 is 11.6 Å². The molecule has 3 rings (SSSR count). The van der Waals surface area contributed by atoms with Gasteiger partial charge in [0.15, 0.2) is 0 Å². The highest BCUT2D eigenvalue weighted by molar-refractivity contribution is 6.35. The van der Waals surface area contributed by atoms with Crippen LogP contribution in [0, 0.1) is 0 Å². The molecule has 0 aliphatic carbocycles. The number of aromatic carboxylic acids is 1. The molecule has 102 valence electrons. The van der Waals surface area contributed by atoms with Gasteiger partial charge in [-0.3, -0.25) is 4.68 Å². The molecule has 0 amide bonds. The van der Waals surface area contributed by atoms with Crippen molar-refractivity contribution in [2.75, 3.05) is 0 Å². The molecule has 0 aliphatic rings. The Kier molecular flexibility index (Phi) is 2.99. The van der Waals surface area contributed by atoms with E-state index in [1.165, 1.54) is 6.20 Å². The molecule has 2 heterocycles. The summed E-state index contributed by atoms with van der Waals surface area (Å²) in [5, 5.41) is 14.8. The Morgan fingerprint density at radius 2 is 2.20 bits per heavy atom. The van der Waals surface area contributed by atoms with Gasteiger partial charge in [-0.1, -0.05) is 17.7 Å². The second kappa shape index (κ2) is 4.68. The lowest BCUT2D eigenvalue weighted by Crippen LogP contribution is -2.09. The lowest BCUT2D eigenvalue weighted by molar-refractivity contribution is 0.0695. The van der Waals surface area contributed by atoms with Crippen molar-refractivity contribution >= 4 is 28.5 Å². The molecular formula is C14H12ClN3O2. The molecule has 5 nitrogen and oxygen atoms in total. The van der Waals surface area contributed by atoms with Crippen LogP contribution < -0.4 is 0 Å². The molecule has 6 heteroatoms. The van der Waals surface area contributed by atoms with Crippen LogP contribution in [-0.2, 0) is 13.6 Å². The number of nitrogens with zero attached hydrogens (tertiary/aromatic N) is 3. The predicted molar refractivity (Wildman–Crippen MR) is 76.2 cm³/mol. The van der Waals surface area contributed by atoms with E-state index in [0.717, 1.165) is 10.9 Å². The Morgan fingerprint density at radius 1 is 1.40 bits per heavy atom. The zero-order valence-electron chi connectivity index (χ0n) is 10.7. The van der Waals surface area contributed by atoms with Gasteiger partial charge in [0.2, 0.25) is 0 Å². The molecule has 1 N–H and O–H groups in total. The van der Waals surface area contributed by atoms with Crippen molar-refractivity contribution in [1.82, 2.24) is 14.3 Å². The Bertz CT molecular complexity index is 804. The van der Waals surface area contributed by atoms with Gasteiger partial charge in [0.1, 0.15) is 5.56 Å². The third-order valence-electron chi connectivity index (χ3n) is 3.37. The molecule has 0 radical (unpaired) electrons. The van der Waals surface area contributed by atoms with Crippen molar-refractivity contribution in [3.63, 3.8) is 0 Å². The van der Waals surface area contributed by atoms with E-state index in [-0.39, 0.29) is 5.56 Å². The molecule has 0 bridgehead atoms. The van der Waals surface area contributed by atoms with E-state index in [4.69, 9.17) is 11.6 Å². The molecule has 0 spiro atoms. The summed E-state index contributed by atoms with van der Waals surface area (Å²) in [6.07, 6.45) is 3.27. The lowest BCUT2D eigenvalue weighted by atomic mass is 10.2. The fraction of sp³-hybridized carbons (Fsp3) is 0.143. The average Bonchev–Trinajstić information content (AvgIpc) is 2.97. The number of fused-ring (bicyclic) bond motifs is 1. The van der Waals surface area contributed by atoms with Crippen molar-refractivity contribution in [3.8, 4) is 0 Å². The van der Waals surface area contributed by atoms with Crippen molar-refractivity contribution in [1.29, 1.82) is 0 Å². The van der Waals surface area contributed by atoms with Gasteiger partial charge in [0, 0.05) is 29.2 Å². The number of carboxylic acid groups (broad SMARTS) is 1. The number of carboxylic acids is 1. The minimum absolute atomic E-state index is 0.219. The fourth-order valence-electron chi connectivity index (χ4n) is 2.31. The number of halogens is 1. The second-order valence-electron chi connectivity index (χ2n) is 4.55. The molecule has 1 aromatic carbocycles. The first-order chi connectivity index (χ1) is 9.58. The average molecular weight is 290 g/mol. The van der Waals surface area contributed by atoms with Crippen LogP contribution in [-0.4, -0.2) is 25.4 Å². The minimum atomic E-state index is -0.970. The molecule has 0 unspecified atom stereocenters. The minimum Gasteiger partial charge on any atom is -0.478 e. The third kappa shape index (κ3) is 1.96. The number of aromatic nitrogens is 3. The largest absolute Gasteiger partial charge is 0.478 e. The monoisotopic (exact) mass is 289 g/mol. The van der Waals surface area contributed by atoms with Crippen LogP contribution in [0.15, 0.2) is 36.7 Å². The van der Waals surface area contributed by atoms with Crippen LogP contribution in [0.25, 0.3) is 10.9 Å². The van der Waals surface area contributed by atoms with E-state index < -0.39 is 5.97 Å². The Labute approximate surface area is 120 Å². The van der Waals surface area contributed by atoms with Gasteiger partial charge in [-0.2, -0.15) is 5.10 Å². The summed E-state index contributed by atoms with van der Waals surface area (Å²) in [6.45, 7) is 0.433. The number of aryl methyl sites for hydroxylation is 1. The molecular weight excluding hydrogens is 278 g/mol. The maximum Gasteiger partial charge on any atom is 0.339 e. The summed E-state index contributed by atoms with van der Waals surface area (Å²) in [5.41, 5.74) is 1.83. The van der Waals surface area contributed by atoms with Crippen LogP contribution in [0.4, 0.5) is 0 Å². The van der Waals surface area contributed by atoms with E-state index in [1.807, 2.05) is 35.0 Å². The van der Waals surface area contributed by atoms with Gasteiger partial charge in [0.25, 0.3) is 0 Å². The molecule has 2 aromatic heterocycles. The summed E-state index contributed by atoms with van der Waals surface area (Å²) in [6, 6.07) is 7.59. The standard InChI is InChI=1S/C14H12ClN3O2/c1-17-13(10(7-16-17)14(19)20)8-18-6-5-9-11(15)3-2-4-12(9)18/h2-7H,8H2,1H3,(H,19,20). The van der Waals surface area contributed by atoms with Crippen molar-refractivity contribution in [2.45, 2.75) is 6.54 Å². The summed E-state index contributed by atoms with van der Waals surface area (Å²) >= 11 is 6.14. The van der Waals surface area contributed by atoms with E-state index in [2.05, 4.69) is 5.10 Å². The fourth-order valence-corrected chi connectivity index (χ4v) is 2.55. The molecule has 0 fully saturated rings. The first-order valence-electron chi connectivity index (χ1n) is 6.05. The number of hydrogen-bond donors (Lipinski definition) is 1. The molecule has 3 aromatic rings. The van der Waals surface area contributed by atoms with Crippen LogP contribution in [0.2, 0.25) is 5.02 Å². The molecule has 20 heavy (non-hydrogen) atoms. The van der Waals surface area contributed by atoms with Gasteiger partial charge < -0.3 is 9.67 Å². The maximum atomic E-state index is 11.2. The van der Waals surface area contributed by atoms with Crippen molar-refractivity contribution in [3.05, 3.63) is 52.9 Å². The van der Waals surface area contributed by atoms with Gasteiger partial charge in [-0.25, -0.2) is 4.79 Å². The maximum absolute atomic E-state index is 11.2. The smallest absolute Gasteiger partial charge is 0.339 e. The van der Waals surface area contributed by atoms with Gasteiger partial charge in [0.05, 0.1) is 18.4 Å². The van der Waals surface area contributed by atoms with E-state index in [9.17, 15) is 9.90 Å². The number of hydrogen-bond acceptors (Lipinski definition) is 2. The predicted octanol–water partition coefficient (Wildman–Crippen LogP) is 2.77. The summed E-state index contributed by atoms with van der Waals surface area (Å²) < 4.78 is 3.55. The van der Waals surface area contributed by atoms with Crippen molar-refractivity contribution < 1.29 is 9.90 Å². The zero-order valence-corrected chi connectivity index (χ0v) is 11.5. The second-order valence-corrected chi connectivity index (χ2v) is 4.96. The van der Waals surface area contributed by atoms with Crippen molar-refractivity contribution in [2.24, 2.45) is 7.05 Å². The van der Waals surface area contributed by atoms with Crippen LogP contribution in [0.1, 0.15) is 16.1 Å². The summed E-state index contributed by atoms with van der Waals surface area (Å²) in [4.78, 5) is 11.2. The van der Waals surface area contributed by atoms with E-state index >= 15 is 0 Å². The first kappa shape index (κ1) is 12.7. The lowest BCUT2D eigenvalue weighted by Gasteiger charge is -2.07. The van der Waals surface area contributed by atoms with E-state index in [0.29, 0.717) is 17.3 Å². The normalized spacial score (nSPS) is 11.1. The molecule has 0 aliphatic heterocycles. The topological polar surface area (TPSA) is 60.1 Å². The first-order valence-corrected chi connectivity index (χ1v) is 6.43. The van der Waals surface area contributed by atoms with Crippen LogP contribution in [0.3, 0.4) is 0 Å². The van der Waals surface area contributed by atoms with E-state index in [1.54, 1.807) is 11.7 Å². The molecule has 0 atom stereocenters. The quantitative estimate of drug-likeness (QED) is 0.806. The highest BCUT2D eigenvalue weighted by Gasteiger charge is 2.16. The Morgan fingerprint density at radius 3 is 2.95 bits per heavy atom. The molecule has 0 saturated carbocycles. The van der Waals surface area contributed by atoms with Crippen LogP contribution in [0.5, 0.6) is 0 Å². The van der Waals surface area contributed by atoms with Gasteiger partial charge in [-0.15, -0.1) is 0 Å². The third-order valence-corrected chi connectivity index (χ3v) is 3.70. The Hall–Kier alpha value is -2.27. The highest BCUT2D eigenvalue weighted by Crippen LogP contribution is 2.25. The molecule has 0 saturated heterocycles. The highest BCUT2D eigenvalue weighted by atomic mass is 35.5. The van der Waals surface area contributed by atoms with Gasteiger partial charge >= 0.3 is 5.97 Å². The number of carbonyl (C=O) groups is 1.